The molecule has 0 amide bonds. The molecular weight excluding hydrogens is 380 g/mol. The fourth-order valence-corrected chi connectivity index (χ4v) is 3.99. The van der Waals surface area contributed by atoms with E-state index < -0.39 is 11.6 Å². The highest BCUT2D eigenvalue weighted by Crippen LogP contribution is 2.28. The summed E-state index contributed by atoms with van der Waals surface area (Å²) in [7, 11) is 0. The second-order valence-electron chi connectivity index (χ2n) is 7.34. The molecule has 0 radical (unpaired) electrons. The summed E-state index contributed by atoms with van der Waals surface area (Å²) in [4.78, 5) is 4.39. The van der Waals surface area contributed by atoms with E-state index in [0.29, 0.717) is 23.7 Å². The van der Waals surface area contributed by atoms with Gasteiger partial charge in [-0.2, -0.15) is 0 Å². The third kappa shape index (κ3) is 4.42. The second-order valence-corrected chi connectivity index (χ2v) is 7.78. The van der Waals surface area contributed by atoms with Crippen molar-refractivity contribution < 1.29 is 8.78 Å². The lowest BCUT2D eigenvalue weighted by Gasteiger charge is -2.30. The summed E-state index contributed by atoms with van der Waals surface area (Å²) in [6, 6.07) is 12.6. The highest BCUT2D eigenvalue weighted by atomic mass is 35.5. The maximum atomic E-state index is 13.3. The second kappa shape index (κ2) is 8.41. The number of nitrogens with one attached hydrogen (secondary N) is 2. The number of benzene rings is 2. The molecule has 1 heterocycles. The molecule has 1 aliphatic rings. The number of nitrogens with zero attached hydrogens (tertiary/aromatic N) is 1. The van der Waals surface area contributed by atoms with E-state index in [1.54, 1.807) is 12.3 Å². The number of fused-ring (bicyclic) bond motifs is 1. The average Bonchev–Trinajstić information content (AvgIpc) is 2.70. The van der Waals surface area contributed by atoms with Gasteiger partial charge in [0.2, 0.25) is 0 Å². The maximum Gasteiger partial charge on any atom is 0.159 e. The van der Waals surface area contributed by atoms with E-state index in [-0.39, 0.29) is 0 Å². The number of halogens is 3. The molecule has 0 bridgehead atoms. The van der Waals surface area contributed by atoms with Crippen LogP contribution in [0.3, 0.4) is 0 Å². The van der Waals surface area contributed by atoms with E-state index in [2.05, 4.69) is 15.6 Å². The van der Waals surface area contributed by atoms with Crippen LogP contribution < -0.4 is 10.6 Å². The van der Waals surface area contributed by atoms with Crippen LogP contribution in [0.4, 0.5) is 14.5 Å². The van der Waals surface area contributed by atoms with Gasteiger partial charge in [0, 0.05) is 40.9 Å². The minimum absolute atomic E-state index is 0.388. The van der Waals surface area contributed by atoms with Crippen LogP contribution in [-0.4, -0.2) is 17.1 Å². The average molecular weight is 402 g/mol. The zero-order chi connectivity index (χ0) is 19.5. The first kappa shape index (κ1) is 19.1. The Bertz CT molecular complexity index is 971. The van der Waals surface area contributed by atoms with Crippen molar-refractivity contribution in [2.75, 3.05) is 5.32 Å². The van der Waals surface area contributed by atoms with Crippen LogP contribution in [0.25, 0.3) is 10.9 Å². The number of aromatic nitrogens is 1. The summed E-state index contributed by atoms with van der Waals surface area (Å²) in [5.74, 6) is -1.60. The molecule has 4 rings (SSSR count). The number of rotatable bonds is 5. The summed E-state index contributed by atoms with van der Waals surface area (Å²) in [6.07, 6.45) is 5.97. The standard InChI is InChI=1S/C22H22ClF2N3/c23-15-2-7-18-21(9-10-26-22(18)12-15)28-17-5-3-16(4-6-17)27-13-14-1-8-19(24)20(25)11-14/h1-2,7-12,16-17,27H,3-6,13H2,(H,26,28). The van der Waals surface area contributed by atoms with Gasteiger partial charge in [-0.3, -0.25) is 4.98 Å². The van der Waals surface area contributed by atoms with Crippen molar-refractivity contribution in [3.8, 4) is 0 Å². The first-order valence-corrected chi connectivity index (χ1v) is 9.94. The molecule has 6 heteroatoms. The predicted molar refractivity (Wildman–Crippen MR) is 110 cm³/mol. The van der Waals surface area contributed by atoms with Crippen LogP contribution in [0.5, 0.6) is 0 Å². The maximum absolute atomic E-state index is 13.3. The molecule has 1 fully saturated rings. The molecule has 2 aromatic carbocycles. The van der Waals surface area contributed by atoms with Crippen LogP contribution in [0.2, 0.25) is 5.02 Å². The third-order valence-electron chi connectivity index (χ3n) is 5.37. The first-order chi connectivity index (χ1) is 13.6. The highest BCUT2D eigenvalue weighted by molar-refractivity contribution is 6.31. The van der Waals surface area contributed by atoms with E-state index in [4.69, 9.17) is 11.6 Å². The Balaban J connectivity index is 1.31. The van der Waals surface area contributed by atoms with E-state index in [1.165, 1.54) is 12.1 Å². The lowest BCUT2D eigenvalue weighted by molar-refractivity contribution is 0.352. The van der Waals surface area contributed by atoms with Crippen molar-refractivity contribution in [3.63, 3.8) is 0 Å². The summed E-state index contributed by atoms with van der Waals surface area (Å²) >= 11 is 6.06. The Kier molecular flexibility index (Phi) is 5.74. The van der Waals surface area contributed by atoms with Crippen LogP contribution in [0, 0.1) is 11.6 Å². The predicted octanol–water partition coefficient (Wildman–Crippen LogP) is 5.68. The smallest absolute Gasteiger partial charge is 0.159 e. The van der Waals surface area contributed by atoms with Crippen molar-refractivity contribution >= 4 is 28.2 Å². The Morgan fingerprint density at radius 2 is 1.71 bits per heavy atom. The lowest BCUT2D eigenvalue weighted by atomic mass is 9.90. The molecule has 1 saturated carbocycles. The Hall–Kier alpha value is -2.24. The summed E-state index contributed by atoms with van der Waals surface area (Å²) in [5.41, 5.74) is 2.74. The van der Waals surface area contributed by atoms with Crippen LogP contribution in [-0.2, 0) is 6.54 Å². The number of pyridine rings is 1. The molecule has 0 atom stereocenters. The zero-order valence-electron chi connectivity index (χ0n) is 15.4. The quantitative estimate of drug-likeness (QED) is 0.577. The van der Waals surface area contributed by atoms with Crippen molar-refractivity contribution in [3.05, 3.63) is 70.9 Å². The molecule has 1 aliphatic carbocycles. The summed E-state index contributed by atoms with van der Waals surface area (Å²) < 4.78 is 26.3. The molecule has 3 nitrogen and oxygen atoms in total. The molecule has 0 unspecified atom stereocenters. The van der Waals surface area contributed by atoms with Crippen molar-refractivity contribution in [2.24, 2.45) is 0 Å². The van der Waals surface area contributed by atoms with Gasteiger partial charge in [-0.25, -0.2) is 8.78 Å². The SMILES string of the molecule is Fc1ccc(CNC2CCC(Nc3ccnc4cc(Cl)ccc34)CC2)cc1F. The largest absolute Gasteiger partial charge is 0.382 e. The third-order valence-corrected chi connectivity index (χ3v) is 5.61. The minimum atomic E-state index is -0.804. The molecule has 2 N–H and O–H groups in total. The van der Waals surface area contributed by atoms with E-state index in [9.17, 15) is 8.78 Å². The van der Waals surface area contributed by atoms with Gasteiger partial charge in [-0.05, 0) is 67.6 Å². The summed E-state index contributed by atoms with van der Waals surface area (Å²) in [5, 5.41) is 8.87. The van der Waals surface area contributed by atoms with Gasteiger partial charge >= 0.3 is 0 Å². The topological polar surface area (TPSA) is 37.0 Å². The van der Waals surface area contributed by atoms with Gasteiger partial charge in [-0.15, -0.1) is 0 Å². The van der Waals surface area contributed by atoms with Crippen molar-refractivity contribution in [2.45, 2.75) is 44.3 Å². The van der Waals surface area contributed by atoms with Crippen LogP contribution in [0.15, 0.2) is 48.7 Å². The minimum Gasteiger partial charge on any atom is -0.382 e. The van der Waals surface area contributed by atoms with E-state index in [0.717, 1.165) is 47.8 Å². The van der Waals surface area contributed by atoms with Crippen molar-refractivity contribution in [1.82, 2.24) is 10.3 Å². The van der Waals surface area contributed by atoms with E-state index in [1.807, 2.05) is 24.3 Å². The molecular formula is C22H22ClF2N3. The zero-order valence-corrected chi connectivity index (χ0v) is 16.1. The van der Waals surface area contributed by atoms with Crippen LogP contribution in [0.1, 0.15) is 31.2 Å². The summed E-state index contributed by atoms with van der Waals surface area (Å²) in [6.45, 7) is 0.551. The molecule has 0 saturated heterocycles. The van der Waals surface area contributed by atoms with Gasteiger partial charge in [0.1, 0.15) is 0 Å². The van der Waals surface area contributed by atoms with E-state index >= 15 is 0 Å². The molecule has 0 spiro atoms. The molecule has 28 heavy (non-hydrogen) atoms. The number of hydrogen-bond donors (Lipinski definition) is 2. The fourth-order valence-electron chi connectivity index (χ4n) is 3.82. The van der Waals surface area contributed by atoms with Gasteiger partial charge in [0.05, 0.1) is 5.52 Å². The molecule has 0 aliphatic heterocycles. The van der Waals surface area contributed by atoms with Gasteiger partial charge in [0.25, 0.3) is 0 Å². The van der Waals surface area contributed by atoms with Crippen molar-refractivity contribution in [1.29, 1.82) is 0 Å². The Morgan fingerprint density at radius 3 is 2.50 bits per heavy atom. The van der Waals surface area contributed by atoms with Gasteiger partial charge in [-0.1, -0.05) is 17.7 Å². The monoisotopic (exact) mass is 401 g/mol. The lowest BCUT2D eigenvalue weighted by Crippen LogP contribution is -2.36. The number of hydrogen-bond acceptors (Lipinski definition) is 3. The highest BCUT2D eigenvalue weighted by Gasteiger charge is 2.21. The fraction of sp³-hybridized carbons (Fsp3) is 0.318. The molecule has 3 aromatic rings. The normalized spacial score (nSPS) is 19.7. The Labute approximate surface area is 168 Å². The first-order valence-electron chi connectivity index (χ1n) is 9.56. The van der Waals surface area contributed by atoms with Gasteiger partial charge < -0.3 is 10.6 Å². The molecule has 146 valence electrons. The Morgan fingerprint density at radius 1 is 0.929 bits per heavy atom. The van der Waals surface area contributed by atoms with Gasteiger partial charge in [0.15, 0.2) is 11.6 Å². The molecule has 1 aromatic heterocycles. The van der Waals surface area contributed by atoms with Crippen LogP contribution >= 0.6 is 11.6 Å². The number of anilines is 1.